The van der Waals surface area contributed by atoms with E-state index in [1.807, 2.05) is 0 Å². The molecule has 0 aliphatic carbocycles. The van der Waals surface area contributed by atoms with Crippen molar-refractivity contribution in [1.29, 1.82) is 0 Å². The van der Waals surface area contributed by atoms with Gasteiger partial charge in [0, 0.05) is 6.61 Å². The molecule has 1 aromatic rings. The second kappa shape index (κ2) is 6.07. The van der Waals surface area contributed by atoms with Crippen molar-refractivity contribution < 1.29 is 13.5 Å². The molecular weight excluding hydrogens is 224 g/mol. The second-order valence-corrected chi connectivity index (χ2v) is 4.46. The lowest BCUT2D eigenvalue weighted by Crippen LogP contribution is -2.29. The van der Waals surface area contributed by atoms with E-state index in [0.717, 1.165) is 32.0 Å². The summed E-state index contributed by atoms with van der Waals surface area (Å²) >= 11 is 0. The number of rotatable bonds is 4. The highest BCUT2D eigenvalue weighted by molar-refractivity contribution is 5.16. The Labute approximate surface area is 100.0 Å². The third kappa shape index (κ3) is 3.75. The summed E-state index contributed by atoms with van der Waals surface area (Å²) in [6.45, 7) is 3.13. The van der Waals surface area contributed by atoms with Crippen molar-refractivity contribution in [3.05, 3.63) is 35.4 Å². The van der Waals surface area contributed by atoms with Crippen LogP contribution in [-0.2, 0) is 11.3 Å². The van der Waals surface area contributed by atoms with Crippen LogP contribution in [0.5, 0.6) is 0 Å². The molecule has 0 saturated carbocycles. The Morgan fingerprint density at radius 1 is 1.18 bits per heavy atom. The molecule has 1 N–H and O–H groups in total. The van der Waals surface area contributed by atoms with E-state index in [9.17, 15) is 8.78 Å². The Balaban J connectivity index is 1.75. The molecule has 1 heterocycles. The van der Waals surface area contributed by atoms with Crippen molar-refractivity contribution in [2.45, 2.75) is 19.4 Å². The summed E-state index contributed by atoms with van der Waals surface area (Å²) < 4.78 is 31.1. The van der Waals surface area contributed by atoms with E-state index >= 15 is 0 Å². The van der Waals surface area contributed by atoms with Crippen LogP contribution in [0.4, 0.5) is 8.78 Å². The summed E-state index contributed by atoms with van der Waals surface area (Å²) in [6, 6.07) is 3.89. The van der Waals surface area contributed by atoms with Crippen molar-refractivity contribution in [2.24, 2.45) is 5.92 Å². The van der Waals surface area contributed by atoms with Crippen LogP contribution in [0.15, 0.2) is 18.2 Å². The molecule has 0 unspecified atom stereocenters. The average Bonchev–Trinajstić information content (AvgIpc) is 2.35. The van der Waals surface area contributed by atoms with Gasteiger partial charge >= 0.3 is 0 Å². The number of halogens is 2. The molecular formula is C13H17F2NO. The SMILES string of the molecule is Fc1ccc(COCC2CCNCC2)cc1F. The number of hydrogen-bond donors (Lipinski definition) is 1. The van der Waals surface area contributed by atoms with E-state index in [-0.39, 0.29) is 0 Å². The minimum atomic E-state index is -0.813. The van der Waals surface area contributed by atoms with Crippen LogP contribution in [0.25, 0.3) is 0 Å². The van der Waals surface area contributed by atoms with Crippen LogP contribution in [-0.4, -0.2) is 19.7 Å². The number of ether oxygens (including phenoxy) is 1. The minimum Gasteiger partial charge on any atom is -0.376 e. The molecule has 1 aromatic carbocycles. The Bertz CT molecular complexity index is 364. The standard InChI is InChI=1S/C13H17F2NO/c14-12-2-1-11(7-13(12)15)9-17-8-10-3-5-16-6-4-10/h1-2,7,10,16H,3-6,8-9H2. The lowest BCUT2D eigenvalue weighted by molar-refractivity contribution is 0.0761. The zero-order valence-electron chi connectivity index (χ0n) is 9.72. The van der Waals surface area contributed by atoms with Gasteiger partial charge in [0.1, 0.15) is 0 Å². The first kappa shape index (κ1) is 12.5. The third-order valence-electron chi connectivity index (χ3n) is 3.07. The molecule has 0 bridgehead atoms. The van der Waals surface area contributed by atoms with E-state index in [0.29, 0.717) is 24.7 Å². The van der Waals surface area contributed by atoms with Gasteiger partial charge in [-0.25, -0.2) is 8.78 Å². The van der Waals surface area contributed by atoms with Gasteiger partial charge in [-0.2, -0.15) is 0 Å². The quantitative estimate of drug-likeness (QED) is 0.874. The molecule has 0 spiro atoms. The summed E-state index contributed by atoms with van der Waals surface area (Å²) in [5.74, 6) is -1.04. The third-order valence-corrected chi connectivity index (χ3v) is 3.07. The van der Waals surface area contributed by atoms with Crippen molar-refractivity contribution in [2.75, 3.05) is 19.7 Å². The topological polar surface area (TPSA) is 21.3 Å². The van der Waals surface area contributed by atoms with Gasteiger partial charge < -0.3 is 10.1 Å². The summed E-state index contributed by atoms with van der Waals surface area (Å²) in [4.78, 5) is 0. The molecule has 17 heavy (non-hydrogen) atoms. The molecule has 94 valence electrons. The monoisotopic (exact) mass is 241 g/mol. The maximum absolute atomic E-state index is 12.9. The Hall–Kier alpha value is -1.00. The molecule has 2 rings (SSSR count). The maximum Gasteiger partial charge on any atom is 0.159 e. The molecule has 0 atom stereocenters. The van der Waals surface area contributed by atoms with E-state index < -0.39 is 11.6 Å². The number of nitrogens with one attached hydrogen (secondary N) is 1. The normalized spacial score (nSPS) is 17.3. The van der Waals surface area contributed by atoms with Gasteiger partial charge in [0.15, 0.2) is 11.6 Å². The minimum absolute atomic E-state index is 0.348. The smallest absolute Gasteiger partial charge is 0.159 e. The lowest BCUT2D eigenvalue weighted by atomic mass is 9.99. The first-order valence-electron chi connectivity index (χ1n) is 5.98. The average molecular weight is 241 g/mol. The molecule has 1 saturated heterocycles. The molecule has 2 nitrogen and oxygen atoms in total. The van der Waals surface area contributed by atoms with Crippen molar-refractivity contribution in [3.63, 3.8) is 0 Å². The van der Waals surface area contributed by atoms with Gasteiger partial charge in [0.05, 0.1) is 6.61 Å². The highest BCUT2D eigenvalue weighted by Crippen LogP contribution is 2.14. The number of hydrogen-bond acceptors (Lipinski definition) is 2. The van der Waals surface area contributed by atoms with Gasteiger partial charge in [0.25, 0.3) is 0 Å². The molecule has 4 heteroatoms. The first-order chi connectivity index (χ1) is 8.25. The Morgan fingerprint density at radius 3 is 2.65 bits per heavy atom. The number of piperidine rings is 1. The summed E-state index contributed by atoms with van der Waals surface area (Å²) in [7, 11) is 0. The van der Waals surface area contributed by atoms with E-state index in [2.05, 4.69) is 5.32 Å². The number of benzene rings is 1. The van der Waals surface area contributed by atoms with Crippen molar-refractivity contribution in [3.8, 4) is 0 Å². The van der Waals surface area contributed by atoms with Gasteiger partial charge in [-0.05, 0) is 49.5 Å². The van der Waals surface area contributed by atoms with Crippen LogP contribution < -0.4 is 5.32 Å². The molecule has 0 radical (unpaired) electrons. The fourth-order valence-corrected chi connectivity index (χ4v) is 2.02. The van der Waals surface area contributed by atoms with E-state index in [1.165, 1.54) is 6.07 Å². The molecule has 0 amide bonds. The zero-order valence-corrected chi connectivity index (χ0v) is 9.72. The molecule has 1 aliphatic heterocycles. The van der Waals surface area contributed by atoms with Gasteiger partial charge in [-0.3, -0.25) is 0 Å². The summed E-state index contributed by atoms with van der Waals surface area (Å²) in [5, 5.41) is 3.29. The largest absolute Gasteiger partial charge is 0.376 e. The highest BCUT2D eigenvalue weighted by Gasteiger charge is 2.12. The van der Waals surface area contributed by atoms with Gasteiger partial charge in [-0.15, -0.1) is 0 Å². The van der Waals surface area contributed by atoms with Crippen LogP contribution >= 0.6 is 0 Å². The maximum atomic E-state index is 12.9. The van der Waals surface area contributed by atoms with Crippen LogP contribution in [0.1, 0.15) is 18.4 Å². The van der Waals surface area contributed by atoms with E-state index in [1.54, 1.807) is 6.07 Å². The van der Waals surface area contributed by atoms with Crippen LogP contribution in [0.3, 0.4) is 0 Å². The summed E-state index contributed by atoms with van der Waals surface area (Å²) in [5.41, 5.74) is 0.679. The van der Waals surface area contributed by atoms with Crippen LogP contribution in [0, 0.1) is 17.6 Å². The predicted molar refractivity (Wildman–Crippen MR) is 61.6 cm³/mol. The second-order valence-electron chi connectivity index (χ2n) is 4.46. The van der Waals surface area contributed by atoms with Crippen molar-refractivity contribution in [1.82, 2.24) is 5.32 Å². The van der Waals surface area contributed by atoms with E-state index in [4.69, 9.17) is 4.74 Å². The van der Waals surface area contributed by atoms with Gasteiger partial charge in [-0.1, -0.05) is 6.07 Å². The Kier molecular flexibility index (Phi) is 4.45. The fourth-order valence-electron chi connectivity index (χ4n) is 2.02. The lowest BCUT2D eigenvalue weighted by Gasteiger charge is -2.22. The molecule has 1 aliphatic rings. The highest BCUT2D eigenvalue weighted by atomic mass is 19.2. The van der Waals surface area contributed by atoms with Gasteiger partial charge in [0.2, 0.25) is 0 Å². The van der Waals surface area contributed by atoms with Crippen LogP contribution in [0.2, 0.25) is 0 Å². The molecule has 1 fully saturated rings. The zero-order chi connectivity index (χ0) is 12.1. The predicted octanol–water partition coefficient (Wildman–Crippen LogP) is 2.48. The molecule has 0 aromatic heterocycles. The summed E-state index contributed by atoms with van der Waals surface area (Å²) in [6.07, 6.45) is 2.25. The fraction of sp³-hybridized carbons (Fsp3) is 0.538. The Morgan fingerprint density at radius 2 is 1.94 bits per heavy atom. The first-order valence-corrected chi connectivity index (χ1v) is 5.98. The van der Waals surface area contributed by atoms with Crippen molar-refractivity contribution >= 4 is 0 Å².